The van der Waals surface area contributed by atoms with Gasteiger partial charge in [0, 0.05) is 14.2 Å². The van der Waals surface area contributed by atoms with E-state index in [0.717, 1.165) is 6.54 Å². The predicted molar refractivity (Wildman–Crippen MR) is 99.6 cm³/mol. The van der Waals surface area contributed by atoms with Gasteiger partial charge in [0.15, 0.2) is 17.3 Å². The first-order valence-corrected chi connectivity index (χ1v) is 8.74. The molecule has 2 aromatic carbocycles. The summed E-state index contributed by atoms with van der Waals surface area (Å²) in [5.74, 6) is 0.559. The van der Waals surface area contributed by atoms with Gasteiger partial charge in [0.2, 0.25) is 6.33 Å². The number of ether oxygens (including phenoxy) is 2. The molecule has 0 bridgehead atoms. The lowest BCUT2D eigenvalue weighted by Gasteiger charge is -2.10. The van der Waals surface area contributed by atoms with Crippen LogP contribution in [0.5, 0.6) is 0 Å². The van der Waals surface area contributed by atoms with Crippen molar-refractivity contribution in [1.29, 1.82) is 0 Å². The molecule has 4 nitrogen and oxygen atoms in total. The first kappa shape index (κ1) is 17.6. The number of methoxy groups -OCH3 is 2. The van der Waals surface area contributed by atoms with Crippen molar-refractivity contribution >= 4 is 11.0 Å². The second-order valence-electron chi connectivity index (χ2n) is 6.68. The Morgan fingerprint density at radius 3 is 2.28 bits per heavy atom. The van der Waals surface area contributed by atoms with Gasteiger partial charge in [-0.2, -0.15) is 0 Å². The molecule has 25 heavy (non-hydrogen) atoms. The predicted octanol–water partition coefficient (Wildman–Crippen LogP) is 3.72. The van der Waals surface area contributed by atoms with Gasteiger partial charge >= 0.3 is 0 Å². The molecule has 0 unspecified atom stereocenters. The van der Waals surface area contributed by atoms with Gasteiger partial charge in [-0.1, -0.05) is 50.2 Å². The van der Waals surface area contributed by atoms with E-state index in [-0.39, 0.29) is 6.29 Å². The summed E-state index contributed by atoms with van der Waals surface area (Å²) in [5, 5.41) is 0. The molecule has 0 saturated heterocycles. The van der Waals surface area contributed by atoms with Crippen LogP contribution >= 0.6 is 0 Å². The van der Waals surface area contributed by atoms with Crippen LogP contribution in [0.2, 0.25) is 0 Å². The highest BCUT2D eigenvalue weighted by atomic mass is 16.7. The van der Waals surface area contributed by atoms with Gasteiger partial charge in [0.25, 0.3) is 0 Å². The van der Waals surface area contributed by atoms with Crippen LogP contribution in [-0.4, -0.2) is 25.1 Å². The molecule has 3 rings (SSSR count). The molecule has 0 aliphatic rings. The molecule has 0 atom stereocenters. The fourth-order valence-electron chi connectivity index (χ4n) is 3.12. The average Bonchev–Trinajstić information content (AvgIpc) is 2.98. The second kappa shape index (κ2) is 7.81. The topological polar surface area (TPSA) is 27.3 Å². The lowest BCUT2D eigenvalue weighted by atomic mass is 10.0. The van der Waals surface area contributed by atoms with Gasteiger partial charge in [0.05, 0.1) is 0 Å². The second-order valence-corrected chi connectivity index (χ2v) is 6.68. The standard InChI is InChI=1S/C21H27N2O2/c1-16(2)18-11-9-17(10-12-18)13-22-15-23(14-21(24-3)25-4)20-8-6-5-7-19(20)22/h5-12,15-16,21H,13-14H2,1-4H3/q+1. The summed E-state index contributed by atoms with van der Waals surface area (Å²) in [7, 11) is 3.34. The van der Waals surface area contributed by atoms with Crippen molar-refractivity contribution < 1.29 is 14.0 Å². The lowest BCUT2D eigenvalue weighted by Crippen LogP contribution is -2.33. The third kappa shape index (κ3) is 3.91. The minimum absolute atomic E-state index is 0.255. The monoisotopic (exact) mass is 339 g/mol. The van der Waals surface area contributed by atoms with Crippen LogP contribution in [0.4, 0.5) is 0 Å². The molecule has 4 heteroatoms. The van der Waals surface area contributed by atoms with E-state index in [1.54, 1.807) is 14.2 Å². The van der Waals surface area contributed by atoms with E-state index in [0.29, 0.717) is 12.5 Å². The van der Waals surface area contributed by atoms with E-state index < -0.39 is 0 Å². The van der Waals surface area contributed by atoms with Gasteiger partial charge in [-0.05, 0) is 29.2 Å². The Balaban J connectivity index is 1.90. The van der Waals surface area contributed by atoms with E-state index in [2.05, 4.69) is 77.8 Å². The fourth-order valence-corrected chi connectivity index (χ4v) is 3.12. The molecule has 0 N–H and O–H groups in total. The highest BCUT2D eigenvalue weighted by molar-refractivity contribution is 5.71. The van der Waals surface area contributed by atoms with Crippen molar-refractivity contribution in [2.75, 3.05) is 14.2 Å². The van der Waals surface area contributed by atoms with Crippen LogP contribution in [0.15, 0.2) is 54.9 Å². The molecule has 0 aliphatic carbocycles. The molecule has 0 radical (unpaired) electrons. The quantitative estimate of drug-likeness (QED) is 0.485. The maximum atomic E-state index is 5.36. The Labute approximate surface area is 149 Å². The first-order valence-electron chi connectivity index (χ1n) is 8.74. The third-order valence-electron chi connectivity index (χ3n) is 4.65. The van der Waals surface area contributed by atoms with Gasteiger partial charge in [-0.25, -0.2) is 9.13 Å². The molecule has 3 aromatic rings. The van der Waals surface area contributed by atoms with E-state index in [4.69, 9.17) is 9.47 Å². The van der Waals surface area contributed by atoms with Gasteiger partial charge in [-0.15, -0.1) is 0 Å². The first-order chi connectivity index (χ1) is 12.1. The third-order valence-corrected chi connectivity index (χ3v) is 4.65. The number of hydrogen-bond acceptors (Lipinski definition) is 2. The number of nitrogens with zero attached hydrogens (tertiary/aromatic N) is 2. The van der Waals surface area contributed by atoms with Gasteiger partial charge in [0.1, 0.15) is 13.1 Å². The van der Waals surface area contributed by atoms with Crippen LogP contribution < -0.4 is 4.57 Å². The summed E-state index contributed by atoms with van der Waals surface area (Å²) in [6.45, 7) is 5.95. The molecular weight excluding hydrogens is 312 g/mol. The van der Waals surface area contributed by atoms with Crippen molar-refractivity contribution in [3.05, 3.63) is 66.0 Å². The molecule has 0 saturated carbocycles. The highest BCUT2D eigenvalue weighted by Gasteiger charge is 2.19. The molecule has 0 amide bonds. The number of benzene rings is 2. The molecule has 132 valence electrons. The van der Waals surface area contributed by atoms with Crippen molar-refractivity contribution in [3.8, 4) is 0 Å². The summed E-state index contributed by atoms with van der Waals surface area (Å²) in [5.41, 5.74) is 5.06. The van der Waals surface area contributed by atoms with Crippen molar-refractivity contribution in [1.82, 2.24) is 4.57 Å². The number of fused-ring (bicyclic) bond motifs is 1. The molecule has 1 aromatic heterocycles. The summed E-state index contributed by atoms with van der Waals surface area (Å²) in [6, 6.07) is 17.3. The van der Waals surface area contributed by atoms with Crippen LogP contribution in [0.3, 0.4) is 0 Å². The number of aromatic nitrogens is 2. The number of rotatable bonds is 7. The van der Waals surface area contributed by atoms with Crippen molar-refractivity contribution in [2.45, 2.75) is 39.1 Å². The summed E-state index contributed by atoms with van der Waals surface area (Å²) >= 11 is 0. The Kier molecular flexibility index (Phi) is 5.51. The van der Waals surface area contributed by atoms with E-state index in [1.807, 2.05) is 0 Å². The molecular formula is C21H27N2O2+. The molecule has 0 spiro atoms. The van der Waals surface area contributed by atoms with Gasteiger partial charge in [-0.3, -0.25) is 0 Å². The average molecular weight is 339 g/mol. The van der Waals surface area contributed by atoms with Crippen LogP contribution in [0.25, 0.3) is 11.0 Å². The van der Waals surface area contributed by atoms with Crippen molar-refractivity contribution in [2.24, 2.45) is 0 Å². The summed E-state index contributed by atoms with van der Waals surface area (Å²) in [6.07, 6.45) is 1.89. The minimum atomic E-state index is -0.255. The molecule has 0 fully saturated rings. The lowest BCUT2D eigenvalue weighted by molar-refractivity contribution is -0.663. The van der Waals surface area contributed by atoms with Crippen molar-refractivity contribution in [3.63, 3.8) is 0 Å². The zero-order valence-electron chi connectivity index (χ0n) is 15.5. The summed E-state index contributed by atoms with van der Waals surface area (Å²) in [4.78, 5) is 0. The molecule has 1 heterocycles. The number of hydrogen-bond donors (Lipinski definition) is 0. The SMILES string of the molecule is COC(Cn1c[n+](Cc2ccc(C(C)C)cc2)c2ccccc21)OC. The van der Waals surface area contributed by atoms with Crippen LogP contribution in [-0.2, 0) is 22.6 Å². The smallest absolute Gasteiger partial charge is 0.245 e. The Bertz CT molecular complexity index is 818. The number of para-hydroxylation sites is 2. The van der Waals surface area contributed by atoms with Gasteiger partial charge < -0.3 is 9.47 Å². The molecule has 0 aliphatic heterocycles. The zero-order chi connectivity index (χ0) is 17.8. The van der Waals surface area contributed by atoms with Crippen LogP contribution in [0, 0.1) is 0 Å². The highest BCUT2D eigenvalue weighted by Crippen LogP contribution is 2.16. The Morgan fingerprint density at radius 1 is 0.960 bits per heavy atom. The Morgan fingerprint density at radius 2 is 1.64 bits per heavy atom. The maximum Gasteiger partial charge on any atom is 0.245 e. The zero-order valence-corrected chi connectivity index (χ0v) is 15.5. The normalized spacial score (nSPS) is 11.8. The minimum Gasteiger partial charge on any atom is -0.352 e. The fraction of sp³-hybridized carbons (Fsp3) is 0.381. The van der Waals surface area contributed by atoms with Crippen LogP contribution in [0.1, 0.15) is 30.9 Å². The van der Waals surface area contributed by atoms with E-state index >= 15 is 0 Å². The largest absolute Gasteiger partial charge is 0.352 e. The van der Waals surface area contributed by atoms with E-state index in [1.165, 1.54) is 22.2 Å². The Hall–Kier alpha value is -2.17. The summed E-state index contributed by atoms with van der Waals surface area (Å²) < 4.78 is 15.2. The maximum absolute atomic E-state index is 5.36. The number of imidazole rings is 1. The van der Waals surface area contributed by atoms with E-state index in [9.17, 15) is 0 Å².